The molecule has 10 heteroatoms. The van der Waals surface area contributed by atoms with Gasteiger partial charge >= 0.3 is 0 Å². The first-order chi connectivity index (χ1) is 18.2. The highest BCUT2D eigenvalue weighted by atomic mass is 32.2. The first-order valence-electron chi connectivity index (χ1n) is 13.0. The number of nitrogens with two attached hydrogens (primary N) is 1. The Bertz CT molecular complexity index is 1050. The van der Waals surface area contributed by atoms with E-state index in [0.29, 0.717) is 25.9 Å². The summed E-state index contributed by atoms with van der Waals surface area (Å²) < 4.78 is 0. The zero-order valence-electron chi connectivity index (χ0n) is 22.4. The fraction of sp³-hybridized carbons (Fsp3) is 0.500. The standard InChI is InChI=1S/C28H40N4O5S/c1-4-12-32(13-5-2)28(37)22-17-20(26(29)35)16-21(18-22)27(36)31-23(15-19-8-10-30-11-9-19)25(34)24(33)7-6-14-38-3/h8-11,16-18,23-25,33-34H,4-7,12-15H2,1-3H3,(H2,29,35)(H,31,36). The number of aliphatic hydroxyl groups is 2. The van der Waals surface area contributed by atoms with Crippen LogP contribution in [-0.2, 0) is 6.42 Å². The van der Waals surface area contributed by atoms with E-state index in [4.69, 9.17) is 5.73 Å². The number of thioether (sulfide) groups is 1. The van der Waals surface area contributed by atoms with Crippen LogP contribution in [0.4, 0.5) is 0 Å². The number of aliphatic hydroxyl groups excluding tert-OH is 2. The number of carbonyl (C=O) groups is 3. The fourth-order valence-corrected chi connectivity index (χ4v) is 4.67. The van der Waals surface area contributed by atoms with E-state index in [1.165, 1.54) is 18.2 Å². The monoisotopic (exact) mass is 544 g/mol. The number of nitrogens with zero attached hydrogens (tertiary/aromatic N) is 2. The molecule has 0 saturated carbocycles. The largest absolute Gasteiger partial charge is 0.390 e. The molecule has 0 aliphatic rings. The van der Waals surface area contributed by atoms with E-state index in [9.17, 15) is 24.6 Å². The third-order valence-electron chi connectivity index (χ3n) is 6.18. The molecule has 0 spiro atoms. The molecule has 0 bridgehead atoms. The number of aromatic nitrogens is 1. The maximum atomic E-state index is 13.4. The lowest BCUT2D eigenvalue weighted by molar-refractivity contribution is -0.00731. The van der Waals surface area contributed by atoms with Crippen molar-refractivity contribution in [1.82, 2.24) is 15.2 Å². The van der Waals surface area contributed by atoms with Crippen molar-refractivity contribution in [3.63, 3.8) is 0 Å². The van der Waals surface area contributed by atoms with Crippen LogP contribution in [0.3, 0.4) is 0 Å². The molecule has 3 unspecified atom stereocenters. The summed E-state index contributed by atoms with van der Waals surface area (Å²) in [5.74, 6) is -0.795. The molecular weight excluding hydrogens is 504 g/mol. The van der Waals surface area contributed by atoms with Crippen molar-refractivity contribution in [3.05, 3.63) is 65.0 Å². The van der Waals surface area contributed by atoms with Gasteiger partial charge in [-0.2, -0.15) is 11.8 Å². The summed E-state index contributed by atoms with van der Waals surface area (Å²) in [5.41, 5.74) is 6.64. The van der Waals surface area contributed by atoms with Crippen LogP contribution in [0.15, 0.2) is 42.7 Å². The molecule has 2 aromatic rings. The lowest BCUT2D eigenvalue weighted by Crippen LogP contribution is -2.50. The summed E-state index contributed by atoms with van der Waals surface area (Å²) >= 11 is 1.65. The predicted octanol–water partition coefficient (Wildman–Crippen LogP) is 2.65. The zero-order valence-corrected chi connectivity index (χ0v) is 23.2. The van der Waals surface area contributed by atoms with Gasteiger partial charge in [-0.05, 0) is 80.0 Å². The molecule has 0 aliphatic heterocycles. The molecule has 208 valence electrons. The second kappa shape index (κ2) is 16.1. The van der Waals surface area contributed by atoms with Crippen LogP contribution < -0.4 is 11.1 Å². The molecule has 0 aliphatic carbocycles. The predicted molar refractivity (Wildman–Crippen MR) is 150 cm³/mol. The number of pyridine rings is 1. The Labute approximate surface area is 229 Å². The number of amides is 3. The Hall–Kier alpha value is -2.95. The third-order valence-corrected chi connectivity index (χ3v) is 6.87. The summed E-state index contributed by atoms with van der Waals surface area (Å²) in [7, 11) is 0. The maximum absolute atomic E-state index is 13.4. The summed E-state index contributed by atoms with van der Waals surface area (Å²) in [6.07, 6.45) is 5.79. The Kier molecular flexibility index (Phi) is 13.3. The molecule has 38 heavy (non-hydrogen) atoms. The van der Waals surface area contributed by atoms with Gasteiger partial charge in [0, 0.05) is 42.2 Å². The zero-order chi connectivity index (χ0) is 28.1. The highest BCUT2D eigenvalue weighted by Gasteiger charge is 2.29. The Morgan fingerprint density at radius 1 is 1.03 bits per heavy atom. The van der Waals surface area contributed by atoms with Crippen molar-refractivity contribution in [3.8, 4) is 0 Å². The highest BCUT2D eigenvalue weighted by molar-refractivity contribution is 7.98. The van der Waals surface area contributed by atoms with E-state index in [-0.39, 0.29) is 29.0 Å². The third kappa shape index (κ3) is 9.41. The van der Waals surface area contributed by atoms with Crippen molar-refractivity contribution in [1.29, 1.82) is 0 Å². The van der Waals surface area contributed by atoms with E-state index >= 15 is 0 Å². The lowest BCUT2D eigenvalue weighted by Gasteiger charge is -2.28. The van der Waals surface area contributed by atoms with Gasteiger partial charge in [-0.3, -0.25) is 19.4 Å². The number of hydrogen-bond acceptors (Lipinski definition) is 7. The molecule has 3 atom stereocenters. The van der Waals surface area contributed by atoms with Gasteiger partial charge in [0.25, 0.3) is 11.8 Å². The van der Waals surface area contributed by atoms with Crippen LogP contribution in [0.25, 0.3) is 0 Å². The molecule has 2 rings (SSSR count). The molecule has 3 amide bonds. The number of carbonyl (C=O) groups excluding carboxylic acids is 3. The van der Waals surface area contributed by atoms with Gasteiger partial charge in [0.2, 0.25) is 5.91 Å². The molecule has 5 N–H and O–H groups in total. The maximum Gasteiger partial charge on any atom is 0.253 e. The van der Waals surface area contributed by atoms with Gasteiger partial charge in [0.1, 0.15) is 6.10 Å². The Balaban J connectivity index is 2.37. The first kappa shape index (κ1) is 31.3. The molecular formula is C28H40N4O5S. The summed E-state index contributed by atoms with van der Waals surface area (Å²) in [6, 6.07) is 6.89. The number of primary amides is 1. The smallest absolute Gasteiger partial charge is 0.253 e. The normalized spacial score (nSPS) is 13.4. The van der Waals surface area contributed by atoms with Gasteiger partial charge in [0.15, 0.2) is 0 Å². The Morgan fingerprint density at radius 3 is 2.21 bits per heavy atom. The van der Waals surface area contributed by atoms with Crippen LogP contribution in [-0.4, -0.2) is 81.2 Å². The number of nitrogens with one attached hydrogen (secondary N) is 1. The molecule has 1 aromatic heterocycles. The van der Waals surface area contributed by atoms with E-state index in [2.05, 4.69) is 10.3 Å². The molecule has 1 heterocycles. The molecule has 9 nitrogen and oxygen atoms in total. The molecule has 0 saturated heterocycles. The minimum Gasteiger partial charge on any atom is -0.390 e. The highest BCUT2D eigenvalue weighted by Crippen LogP contribution is 2.17. The van der Waals surface area contributed by atoms with Crippen molar-refractivity contribution >= 4 is 29.5 Å². The van der Waals surface area contributed by atoms with E-state index in [1.807, 2.05) is 20.1 Å². The first-order valence-corrected chi connectivity index (χ1v) is 14.4. The topological polar surface area (TPSA) is 146 Å². The van der Waals surface area contributed by atoms with Crippen LogP contribution in [0.5, 0.6) is 0 Å². The van der Waals surface area contributed by atoms with Crippen molar-refractivity contribution < 1.29 is 24.6 Å². The van der Waals surface area contributed by atoms with E-state index in [0.717, 1.165) is 24.2 Å². The molecule has 1 aromatic carbocycles. The van der Waals surface area contributed by atoms with E-state index in [1.54, 1.807) is 41.2 Å². The minimum atomic E-state index is -1.24. The van der Waals surface area contributed by atoms with Crippen molar-refractivity contribution in [2.75, 3.05) is 25.1 Å². The van der Waals surface area contributed by atoms with Gasteiger partial charge in [-0.15, -0.1) is 0 Å². The van der Waals surface area contributed by atoms with E-state index < -0.39 is 30.1 Å². The van der Waals surface area contributed by atoms with Crippen LogP contribution in [0.2, 0.25) is 0 Å². The van der Waals surface area contributed by atoms with Crippen LogP contribution >= 0.6 is 11.8 Å². The van der Waals surface area contributed by atoms with Crippen LogP contribution in [0.1, 0.15) is 76.2 Å². The van der Waals surface area contributed by atoms with Crippen molar-refractivity contribution in [2.45, 2.75) is 64.2 Å². The fourth-order valence-electron chi connectivity index (χ4n) is 4.22. The van der Waals surface area contributed by atoms with Gasteiger partial charge in [-0.1, -0.05) is 13.8 Å². The number of benzene rings is 1. The van der Waals surface area contributed by atoms with Gasteiger partial charge in [0.05, 0.1) is 12.1 Å². The average molecular weight is 545 g/mol. The van der Waals surface area contributed by atoms with Crippen LogP contribution in [0, 0.1) is 0 Å². The summed E-state index contributed by atoms with van der Waals surface area (Å²) in [5, 5.41) is 24.4. The van der Waals surface area contributed by atoms with Gasteiger partial charge < -0.3 is 26.2 Å². The Morgan fingerprint density at radius 2 is 1.63 bits per heavy atom. The SMILES string of the molecule is CCCN(CCC)C(=O)c1cc(C(N)=O)cc(C(=O)NC(Cc2ccncc2)C(O)C(O)CCCSC)c1. The molecule has 0 fully saturated rings. The van der Waals surface area contributed by atoms with Crippen molar-refractivity contribution in [2.24, 2.45) is 5.73 Å². The summed E-state index contributed by atoms with van der Waals surface area (Å²) in [4.78, 5) is 44.4. The second-order valence-electron chi connectivity index (χ2n) is 9.29. The van der Waals surface area contributed by atoms with Gasteiger partial charge in [-0.25, -0.2) is 0 Å². The summed E-state index contributed by atoms with van der Waals surface area (Å²) in [6.45, 7) is 5.03. The average Bonchev–Trinajstić information content (AvgIpc) is 2.92. The second-order valence-corrected chi connectivity index (χ2v) is 10.3. The molecule has 0 radical (unpaired) electrons. The number of rotatable bonds is 16. The minimum absolute atomic E-state index is 0.0391. The number of hydrogen-bond donors (Lipinski definition) is 4. The quantitative estimate of drug-likeness (QED) is 0.238. The lowest BCUT2D eigenvalue weighted by atomic mass is 9.95.